The van der Waals surface area contributed by atoms with Gasteiger partial charge in [0.15, 0.2) is 0 Å². The zero-order valence-electron chi connectivity index (χ0n) is 15.3. The molecule has 1 aromatic carbocycles. The van der Waals surface area contributed by atoms with Crippen LogP contribution in [0.15, 0.2) is 58.3 Å². The quantitative estimate of drug-likeness (QED) is 0.510. The number of aromatic nitrogens is 2. The van der Waals surface area contributed by atoms with Crippen LogP contribution in [0.4, 0.5) is 11.4 Å². The normalized spacial score (nSPS) is 10.8. The summed E-state index contributed by atoms with van der Waals surface area (Å²) in [7, 11) is 0. The van der Waals surface area contributed by atoms with E-state index in [9.17, 15) is 14.4 Å². The lowest BCUT2D eigenvalue weighted by atomic mass is 10.2. The number of nitrogens with zero attached hydrogens (tertiary/aromatic N) is 2. The molecule has 0 bridgehead atoms. The SMILES string of the molecule is CC(=O)Nc1cccc(NC(=O)Cn2cnc3scc(-c4cccs4)c3c2=O)c1. The largest absolute Gasteiger partial charge is 0.326 e. The molecule has 146 valence electrons. The van der Waals surface area contributed by atoms with Gasteiger partial charge in [0, 0.05) is 34.1 Å². The molecule has 7 nitrogen and oxygen atoms in total. The van der Waals surface area contributed by atoms with Crippen LogP contribution in [0.1, 0.15) is 6.92 Å². The first-order valence-electron chi connectivity index (χ1n) is 8.69. The summed E-state index contributed by atoms with van der Waals surface area (Å²) in [5, 5.41) is 9.81. The molecule has 0 unspecified atom stereocenters. The number of hydrogen-bond donors (Lipinski definition) is 2. The van der Waals surface area contributed by atoms with E-state index in [2.05, 4.69) is 15.6 Å². The monoisotopic (exact) mass is 424 g/mol. The molecule has 9 heteroatoms. The van der Waals surface area contributed by atoms with E-state index in [0.29, 0.717) is 21.6 Å². The lowest BCUT2D eigenvalue weighted by Gasteiger charge is -2.09. The van der Waals surface area contributed by atoms with Crippen molar-refractivity contribution in [2.24, 2.45) is 0 Å². The summed E-state index contributed by atoms with van der Waals surface area (Å²) in [5.41, 5.74) is 1.70. The van der Waals surface area contributed by atoms with Gasteiger partial charge < -0.3 is 10.6 Å². The fraction of sp³-hybridized carbons (Fsp3) is 0.100. The number of carbonyl (C=O) groups is 2. The Bertz CT molecular complexity index is 1260. The van der Waals surface area contributed by atoms with Crippen LogP contribution < -0.4 is 16.2 Å². The summed E-state index contributed by atoms with van der Waals surface area (Å²) < 4.78 is 1.30. The van der Waals surface area contributed by atoms with Gasteiger partial charge in [0.2, 0.25) is 11.8 Å². The van der Waals surface area contributed by atoms with Crippen molar-refractivity contribution < 1.29 is 9.59 Å². The van der Waals surface area contributed by atoms with Gasteiger partial charge >= 0.3 is 0 Å². The van der Waals surface area contributed by atoms with Crippen LogP contribution >= 0.6 is 22.7 Å². The van der Waals surface area contributed by atoms with Crippen LogP contribution in [0.3, 0.4) is 0 Å². The number of rotatable bonds is 5. The number of anilines is 2. The van der Waals surface area contributed by atoms with Gasteiger partial charge in [-0.3, -0.25) is 19.0 Å². The molecule has 4 rings (SSSR count). The molecule has 2 amide bonds. The first-order valence-corrected chi connectivity index (χ1v) is 10.5. The highest BCUT2D eigenvalue weighted by Gasteiger charge is 2.15. The van der Waals surface area contributed by atoms with Gasteiger partial charge in [-0.05, 0) is 29.6 Å². The van der Waals surface area contributed by atoms with E-state index < -0.39 is 0 Å². The van der Waals surface area contributed by atoms with Gasteiger partial charge in [0.05, 0.1) is 11.7 Å². The van der Waals surface area contributed by atoms with E-state index >= 15 is 0 Å². The Kier molecular flexibility index (Phi) is 5.24. The van der Waals surface area contributed by atoms with E-state index in [1.165, 1.54) is 29.2 Å². The van der Waals surface area contributed by atoms with Gasteiger partial charge in [0.25, 0.3) is 5.56 Å². The predicted octanol–water partition coefficient (Wildman–Crippen LogP) is 3.78. The minimum absolute atomic E-state index is 0.161. The second kappa shape index (κ2) is 7.98. The van der Waals surface area contributed by atoms with Crippen molar-refractivity contribution in [1.29, 1.82) is 0 Å². The molecule has 0 radical (unpaired) electrons. The van der Waals surface area contributed by atoms with E-state index in [4.69, 9.17) is 0 Å². The lowest BCUT2D eigenvalue weighted by Crippen LogP contribution is -2.27. The Hall–Kier alpha value is -3.30. The highest BCUT2D eigenvalue weighted by atomic mass is 32.1. The molecule has 4 aromatic rings. The van der Waals surface area contributed by atoms with Crippen LogP contribution in [-0.2, 0) is 16.1 Å². The fourth-order valence-electron chi connectivity index (χ4n) is 2.93. The fourth-order valence-corrected chi connectivity index (χ4v) is 4.65. The minimum Gasteiger partial charge on any atom is -0.326 e. The predicted molar refractivity (Wildman–Crippen MR) is 117 cm³/mol. The number of nitrogens with one attached hydrogen (secondary N) is 2. The van der Waals surface area contributed by atoms with E-state index in [0.717, 1.165) is 10.4 Å². The van der Waals surface area contributed by atoms with Gasteiger partial charge in [-0.15, -0.1) is 22.7 Å². The summed E-state index contributed by atoms with van der Waals surface area (Å²) in [6.07, 6.45) is 1.40. The van der Waals surface area contributed by atoms with Crippen molar-refractivity contribution in [3.63, 3.8) is 0 Å². The zero-order valence-corrected chi connectivity index (χ0v) is 17.0. The van der Waals surface area contributed by atoms with Crippen LogP contribution in [0.5, 0.6) is 0 Å². The molecule has 0 atom stereocenters. The van der Waals surface area contributed by atoms with Crippen molar-refractivity contribution >= 4 is 56.1 Å². The second-order valence-corrected chi connectivity index (χ2v) is 8.10. The third-order valence-corrected chi connectivity index (χ3v) is 5.92. The van der Waals surface area contributed by atoms with E-state index in [1.807, 2.05) is 22.9 Å². The van der Waals surface area contributed by atoms with Crippen molar-refractivity contribution in [2.75, 3.05) is 10.6 Å². The molecule has 0 aliphatic heterocycles. The topological polar surface area (TPSA) is 93.1 Å². The Morgan fingerprint density at radius 3 is 2.62 bits per heavy atom. The molecule has 2 N–H and O–H groups in total. The molecule has 0 aliphatic rings. The minimum atomic E-state index is -0.360. The smallest absolute Gasteiger partial charge is 0.263 e. The average Bonchev–Trinajstić information content (AvgIpc) is 3.33. The maximum absolute atomic E-state index is 13.0. The zero-order chi connectivity index (χ0) is 20.4. The molecular formula is C20H16N4O3S2. The summed E-state index contributed by atoms with van der Waals surface area (Å²) in [6, 6.07) is 10.7. The summed E-state index contributed by atoms with van der Waals surface area (Å²) >= 11 is 2.96. The van der Waals surface area contributed by atoms with Crippen LogP contribution in [-0.4, -0.2) is 21.4 Å². The number of hydrogen-bond acceptors (Lipinski definition) is 6. The summed E-state index contributed by atoms with van der Waals surface area (Å²) in [5.74, 6) is -0.558. The maximum atomic E-state index is 13.0. The Labute approximate surface area is 173 Å². The summed E-state index contributed by atoms with van der Waals surface area (Å²) in [6.45, 7) is 1.25. The number of carbonyl (C=O) groups excluding carboxylic acids is 2. The Morgan fingerprint density at radius 2 is 1.90 bits per heavy atom. The highest BCUT2D eigenvalue weighted by molar-refractivity contribution is 7.18. The first-order chi connectivity index (χ1) is 14.0. The van der Waals surface area contributed by atoms with E-state index in [1.54, 1.807) is 35.6 Å². The van der Waals surface area contributed by atoms with E-state index in [-0.39, 0.29) is 23.9 Å². The molecule has 3 aromatic heterocycles. The second-order valence-electron chi connectivity index (χ2n) is 6.29. The molecular weight excluding hydrogens is 408 g/mol. The maximum Gasteiger partial charge on any atom is 0.263 e. The molecule has 0 fully saturated rings. The van der Waals surface area contributed by atoms with Gasteiger partial charge in [-0.2, -0.15) is 0 Å². The molecule has 0 saturated heterocycles. The van der Waals surface area contributed by atoms with Gasteiger partial charge in [-0.25, -0.2) is 4.98 Å². The van der Waals surface area contributed by atoms with Gasteiger partial charge in [0.1, 0.15) is 11.4 Å². The highest BCUT2D eigenvalue weighted by Crippen LogP contribution is 2.33. The first kappa shape index (κ1) is 19.0. The Morgan fingerprint density at radius 1 is 1.10 bits per heavy atom. The third-order valence-electron chi connectivity index (χ3n) is 4.13. The molecule has 0 spiro atoms. The third kappa shape index (κ3) is 4.10. The molecule has 0 aliphatic carbocycles. The van der Waals surface area contributed by atoms with Gasteiger partial charge in [-0.1, -0.05) is 12.1 Å². The number of thiophene rings is 2. The van der Waals surface area contributed by atoms with Crippen molar-refractivity contribution in [3.05, 3.63) is 63.8 Å². The lowest BCUT2D eigenvalue weighted by molar-refractivity contribution is -0.117. The van der Waals surface area contributed by atoms with Crippen LogP contribution in [0, 0.1) is 0 Å². The molecule has 29 heavy (non-hydrogen) atoms. The van der Waals surface area contributed by atoms with Crippen LogP contribution in [0.2, 0.25) is 0 Å². The molecule has 3 heterocycles. The number of amides is 2. The number of fused-ring (bicyclic) bond motifs is 1. The summed E-state index contributed by atoms with van der Waals surface area (Å²) in [4.78, 5) is 42.6. The van der Waals surface area contributed by atoms with Crippen molar-refractivity contribution in [3.8, 4) is 10.4 Å². The molecule has 0 saturated carbocycles. The number of benzene rings is 1. The standard InChI is InChI=1S/C20H16N4O3S2/c1-12(25)22-13-4-2-5-14(8-13)23-17(26)9-24-11-21-19-18(20(24)27)15(10-29-19)16-6-3-7-28-16/h2-8,10-11H,9H2,1H3,(H,22,25)(H,23,26). The van der Waals surface area contributed by atoms with Crippen molar-refractivity contribution in [1.82, 2.24) is 9.55 Å². The van der Waals surface area contributed by atoms with Crippen molar-refractivity contribution in [2.45, 2.75) is 13.5 Å². The van der Waals surface area contributed by atoms with Crippen LogP contribution in [0.25, 0.3) is 20.7 Å². The Balaban J connectivity index is 1.57. The average molecular weight is 425 g/mol.